The van der Waals surface area contributed by atoms with Crippen LogP contribution < -0.4 is 5.32 Å². The van der Waals surface area contributed by atoms with Crippen molar-refractivity contribution < 1.29 is 4.74 Å². The van der Waals surface area contributed by atoms with E-state index in [-0.39, 0.29) is 0 Å². The van der Waals surface area contributed by atoms with Gasteiger partial charge in [-0.25, -0.2) is 4.98 Å². The summed E-state index contributed by atoms with van der Waals surface area (Å²) < 4.78 is 7.93. The smallest absolute Gasteiger partial charge is 0.194 e. The highest BCUT2D eigenvalue weighted by Gasteiger charge is 2.13. The average Bonchev–Trinajstić information content (AvgIpc) is 2.98. The molecular formula is C14H21N3OS. The maximum Gasteiger partial charge on any atom is 0.194 e. The number of aryl methyl sites for hydroxylation is 1. The fourth-order valence-corrected chi connectivity index (χ4v) is 3.44. The fourth-order valence-electron chi connectivity index (χ4n) is 2.66. The third-order valence-electron chi connectivity index (χ3n) is 3.77. The third-order valence-corrected chi connectivity index (χ3v) is 4.53. The van der Waals surface area contributed by atoms with Crippen molar-refractivity contribution in [3.05, 3.63) is 23.0 Å². The van der Waals surface area contributed by atoms with Gasteiger partial charge in [0.25, 0.3) is 0 Å². The quantitative estimate of drug-likeness (QED) is 0.855. The topological polar surface area (TPSA) is 38.6 Å². The molecule has 0 aromatic carbocycles. The summed E-state index contributed by atoms with van der Waals surface area (Å²) in [5.74, 6) is 0. The molecule has 3 heterocycles. The van der Waals surface area contributed by atoms with Crippen LogP contribution in [0.5, 0.6) is 0 Å². The van der Waals surface area contributed by atoms with Crippen molar-refractivity contribution in [3.63, 3.8) is 0 Å². The van der Waals surface area contributed by atoms with Gasteiger partial charge in [-0.05, 0) is 39.2 Å². The largest absolute Gasteiger partial charge is 0.378 e. The predicted octanol–water partition coefficient (Wildman–Crippen LogP) is 2.75. The van der Waals surface area contributed by atoms with E-state index < -0.39 is 0 Å². The zero-order valence-electron chi connectivity index (χ0n) is 11.4. The maximum absolute atomic E-state index is 5.74. The molecule has 5 heteroatoms. The number of ether oxygens (including phenoxy) is 1. The molecule has 1 aliphatic heterocycles. The molecule has 0 spiro atoms. The average molecular weight is 279 g/mol. The molecule has 3 rings (SSSR count). The zero-order valence-corrected chi connectivity index (χ0v) is 12.2. The van der Waals surface area contributed by atoms with E-state index in [2.05, 4.69) is 33.2 Å². The standard InChI is InChI=1S/C14H21N3OS/c1-11-13(17-7-9-19-14(17)16-11)10-15-6-5-12-4-2-3-8-18-12/h7,9,12,15H,2-6,8,10H2,1H3. The first-order chi connectivity index (χ1) is 9.34. The van der Waals surface area contributed by atoms with Crippen molar-refractivity contribution in [2.24, 2.45) is 0 Å². The van der Waals surface area contributed by atoms with E-state index >= 15 is 0 Å². The molecule has 4 nitrogen and oxygen atoms in total. The van der Waals surface area contributed by atoms with Gasteiger partial charge < -0.3 is 10.1 Å². The highest BCUT2D eigenvalue weighted by atomic mass is 32.1. The third kappa shape index (κ3) is 2.99. The van der Waals surface area contributed by atoms with E-state index in [4.69, 9.17) is 4.74 Å². The summed E-state index contributed by atoms with van der Waals surface area (Å²) in [6.45, 7) is 4.93. The second-order valence-corrected chi connectivity index (χ2v) is 6.03. The van der Waals surface area contributed by atoms with Crippen molar-refractivity contribution >= 4 is 16.3 Å². The number of thiazole rings is 1. The van der Waals surface area contributed by atoms with Gasteiger partial charge in [0.2, 0.25) is 0 Å². The summed E-state index contributed by atoms with van der Waals surface area (Å²) in [5.41, 5.74) is 2.41. The van der Waals surface area contributed by atoms with Gasteiger partial charge in [-0.1, -0.05) is 0 Å². The Morgan fingerprint density at radius 3 is 3.32 bits per heavy atom. The van der Waals surface area contributed by atoms with Gasteiger partial charge in [0, 0.05) is 24.7 Å². The van der Waals surface area contributed by atoms with Gasteiger partial charge in [0.1, 0.15) is 0 Å². The minimum atomic E-state index is 0.467. The Bertz CT molecular complexity index is 528. The Morgan fingerprint density at radius 1 is 1.53 bits per heavy atom. The lowest BCUT2D eigenvalue weighted by Crippen LogP contribution is -2.25. The molecule has 2 aromatic rings. The number of nitrogens with one attached hydrogen (secondary N) is 1. The van der Waals surface area contributed by atoms with Crippen molar-refractivity contribution in [3.8, 4) is 0 Å². The Hall–Kier alpha value is -0.910. The first-order valence-electron chi connectivity index (χ1n) is 7.08. The van der Waals surface area contributed by atoms with E-state index in [9.17, 15) is 0 Å². The molecule has 0 aliphatic carbocycles. The highest BCUT2D eigenvalue weighted by Crippen LogP contribution is 2.17. The van der Waals surface area contributed by atoms with Crippen LogP contribution in [-0.2, 0) is 11.3 Å². The zero-order chi connectivity index (χ0) is 13.1. The molecule has 0 radical (unpaired) electrons. The Balaban J connectivity index is 1.49. The summed E-state index contributed by atoms with van der Waals surface area (Å²) in [6.07, 6.45) is 7.46. The molecule has 1 unspecified atom stereocenters. The molecule has 0 amide bonds. The second kappa shape index (κ2) is 6.03. The van der Waals surface area contributed by atoms with E-state index in [0.717, 1.165) is 36.8 Å². The van der Waals surface area contributed by atoms with Crippen molar-refractivity contribution in [1.82, 2.24) is 14.7 Å². The first kappa shape index (κ1) is 13.1. The second-order valence-electron chi connectivity index (χ2n) is 5.15. The highest BCUT2D eigenvalue weighted by molar-refractivity contribution is 7.15. The van der Waals surface area contributed by atoms with Crippen LogP contribution in [-0.4, -0.2) is 28.6 Å². The summed E-state index contributed by atoms with van der Waals surface area (Å²) in [5, 5.41) is 5.61. The van der Waals surface area contributed by atoms with Crippen LogP contribution >= 0.6 is 11.3 Å². The molecule has 2 aromatic heterocycles. The van der Waals surface area contributed by atoms with Crippen LogP contribution in [0.3, 0.4) is 0 Å². The SMILES string of the molecule is Cc1nc2sccn2c1CNCCC1CCCCO1. The van der Waals surface area contributed by atoms with Crippen molar-refractivity contribution in [2.45, 2.75) is 45.3 Å². The summed E-state index contributed by atoms with van der Waals surface area (Å²) >= 11 is 1.69. The van der Waals surface area contributed by atoms with Gasteiger partial charge in [-0.15, -0.1) is 11.3 Å². The predicted molar refractivity (Wildman–Crippen MR) is 77.7 cm³/mol. The lowest BCUT2D eigenvalue weighted by molar-refractivity contribution is 0.0115. The molecule has 0 bridgehead atoms. The lowest BCUT2D eigenvalue weighted by atomic mass is 10.1. The van der Waals surface area contributed by atoms with Crippen molar-refractivity contribution in [2.75, 3.05) is 13.2 Å². The maximum atomic E-state index is 5.74. The number of rotatable bonds is 5. The number of nitrogens with zero attached hydrogens (tertiary/aromatic N) is 2. The van der Waals surface area contributed by atoms with Crippen LogP contribution in [0, 0.1) is 6.92 Å². The van der Waals surface area contributed by atoms with E-state index in [1.54, 1.807) is 11.3 Å². The molecule has 1 aliphatic rings. The van der Waals surface area contributed by atoms with Gasteiger partial charge in [0.05, 0.1) is 17.5 Å². The van der Waals surface area contributed by atoms with Gasteiger partial charge in [-0.2, -0.15) is 0 Å². The minimum absolute atomic E-state index is 0.467. The molecule has 1 N–H and O–H groups in total. The van der Waals surface area contributed by atoms with Crippen LogP contribution in [0.4, 0.5) is 0 Å². The number of hydrogen-bond acceptors (Lipinski definition) is 4. The lowest BCUT2D eigenvalue weighted by Gasteiger charge is -2.22. The molecular weight excluding hydrogens is 258 g/mol. The van der Waals surface area contributed by atoms with Crippen LogP contribution in [0.2, 0.25) is 0 Å². The molecule has 104 valence electrons. The Morgan fingerprint density at radius 2 is 2.47 bits per heavy atom. The Labute approximate surface area is 117 Å². The van der Waals surface area contributed by atoms with Crippen LogP contribution in [0.15, 0.2) is 11.6 Å². The van der Waals surface area contributed by atoms with E-state index in [1.807, 2.05) is 0 Å². The van der Waals surface area contributed by atoms with Crippen molar-refractivity contribution in [1.29, 1.82) is 0 Å². The summed E-state index contributed by atoms with van der Waals surface area (Å²) in [7, 11) is 0. The number of imidazole rings is 1. The van der Waals surface area contributed by atoms with Gasteiger partial charge >= 0.3 is 0 Å². The summed E-state index contributed by atoms with van der Waals surface area (Å²) in [4.78, 5) is 5.65. The van der Waals surface area contributed by atoms with Crippen LogP contribution in [0.25, 0.3) is 4.96 Å². The molecule has 19 heavy (non-hydrogen) atoms. The molecule has 1 saturated heterocycles. The number of aromatic nitrogens is 2. The molecule has 0 saturated carbocycles. The van der Waals surface area contributed by atoms with E-state index in [0.29, 0.717) is 6.10 Å². The van der Waals surface area contributed by atoms with Gasteiger partial charge in [-0.3, -0.25) is 4.40 Å². The normalized spacial score (nSPS) is 20.2. The summed E-state index contributed by atoms with van der Waals surface area (Å²) in [6, 6.07) is 0. The van der Waals surface area contributed by atoms with Crippen LogP contribution in [0.1, 0.15) is 37.1 Å². The fraction of sp³-hybridized carbons (Fsp3) is 0.643. The minimum Gasteiger partial charge on any atom is -0.378 e. The first-order valence-corrected chi connectivity index (χ1v) is 7.96. The monoisotopic (exact) mass is 279 g/mol. The number of fused-ring (bicyclic) bond motifs is 1. The van der Waals surface area contributed by atoms with E-state index in [1.165, 1.54) is 25.0 Å². The number of hydrogen-bond donors (Lipinski definition) is 1. The van der Waals surface area contributed by atoms with Gasteiger partial charge in [0.15, 0.2) is 4.96 Å². The molecule has 1 atom stereocenters. The Kier molecular flexibility index (Phi) is 4.15. The molecule has 1 fully saturated rings.